The van der Waals surface area contributed by atoms with Crippen molar-refractivity contribution in [3.05, 3.63) is 29.4 Å². The standard InChI is InChI=1S/C19H27N7O2S/c1-3-4-8-16-23-24-18(29-16)22-17(27)14(2)21-19(28)26-12-10-25(11-13-26)15-7-5-6-9-20-15/h5-7,9,14H,3-4,8,10-13H2,1-2H3,(H,21,28)(H,22,24,27). The van der Waals surface area contributed by atoms with Crippen LogP contribution in [0.4, 0.5) is 15.7 Å². The van der Waals surface area contributed by atoms with Gasteiger partial charge in [0.05, 0.1) is 0 Å². The van der Waals surface area contributed by atoms with Crippen LogP contribution in [0, 0.1) is 0 Å². The zero-order valence-corrected chi connectivity index (χ0v) is 17.6. The molecular weight excluding hydrogens is 390 g/mol. The highest BCUT2D eigenvalue weighted by Crippen LogP contribution is 2.17. The molecule has 3 amide bonds. The molecular formula is C19H27N7O2S. The zero-order chi connectivity index (χ0) is 20.6. The second-order valence-corrected chi connectivity index (χ2v) is 7.99. The number of piperazine rings is 1. The molecule has 1 atom stereocenters. The van der Waals surface area contributed by atoms with Gasteiger partial charge in [-0.05, 0) is 25.5 Å². The maximum absolute atomic E-state index is 12.5. The summed E-state index contributed by atoms with van der Waals surface area (Å²) in [5.41, 5.74) is 0. The summed E-state index contributed by atoms with van der Waals surface area (Å²) in [5.74, 6) is 0.610. The molecule has 3 rings (SSSR count). The Morgan fingerprint density at radius 2 is 2.00 bits per heavy atom. The average Bonchev–Trinajstić information content (AvgIpc) is 3.20. The summed E-state index contributed by atoms with van der Waals surface area (Å²) < 4.78 is 0. The number of unbranched alkanes of at least 4 members (excludes halogenated alkanes) is 1. The first kappa shape index (κ1) is 21.0. The highest BCUT2D eigenvalue weighted by atomic mass is 32.1. The van der Waals surface area contributed by atoms with Crippen LogP contribution in [-0.2, 0) is 11.2 Å². The topological polar surface area (TPSA) is 103 Å². The number of carbonyl (C=O) groups is 2. The van der Waals surface area contributed by atoms with Crippen LogP contribution < -0.4 is 15.5 Å². The van der Waals surface area contributed by atoms with Crippen molar-refractivity contribution < 1.29 is 9.59 Å². The second-order valence-electron chi connectivity index (χ2n) is 6.93. The van der Waals surface area contributed by atoms with Crippen LogP contribution >= 0.6 is 11.3 Å². The average molecular weight is 418 g/mol. The molecule has 0 aliphatic carbocycles. The van der Waals surface area contributed by atoms with E-state index in [2.05, 4.69) is 37.6 Å². The van der Waals surface area contributed by atoms with Crippen molar-refractivity contribution in [3.8, 4) is 0 Å². The first-order valence-electron chi connectivity index (χ1n) is 9.91. The molecule has 0 bridgehead atoms. The van der Waals surface area contributed by atoms with Crippen molar-refractivity contribution in [2.45, 2.75) is 39.2 Å². The summed E-state index contributed by atoms with van der Waals surface area (Å²) in [6, 6.07) is 4.89. The number of amides is 3. The number of hydrogen-bond donors (Lipinski definition) is 2. The molecule has 0 spiro atoms. The van der Waals surface area contributed by atoms with E-state index in [0.717, 1.165) is 30.1 Å². The number of pyridine rings is 1. The van der Waals surface area contributed by atoms with Crippen LogP contribution in [0.25, 0.3) is 0 Å². The minimum atomic E-state index is -0.667. The van der Waals surface area contributed by atoms with Crippen LogP contribution in [0.5, 0.6) is 0 Å². The van der Waals surface area contributed by atoms with Crippen molar-refractivity contribution in [2.24, 2.45) is 0 Å². The van der Waals surface area contributed by atoms with Gasteiger partial charge in [0.2, 0.25) is 11.0 Å². The second kappa shape index (κ2) is 10.1. The largest absolute Gasteiger partial charge is 0.353 e. The quantitative estimate of drug-likeness (QED) is 0.715. The van der Waals surface area contributed by atoms with Gasteiger partial charge in [-0.25, -0.2) is 9.78 Å². The van der Waals surface area contributed by atoms with Crippen LogP contribution in [-0.4, -0.2) is 64.2 Å². The Labute approximate surface area is 174 Å². The summed E-state index contributed by atoms with van der Waals surface area (Å²) in [6.07, 6.45) is 4.75. The predicted octanol–water partition coefficient (Wildman–Crippen LogP) is 2.13. The minimum Gasteiger partial charge on any atom is -0.353 e. The zero-order valence-electron chi connectivity index (χ0n) is 16.8. The summed E-state index contributed by atoms with van der Waals surface area (Å²) in [5, 5.41) is 14.9. The third kappa shape index (κ3) is 5.86. The summed E-state index contributed by atoms with van der Waals surface area (Å²) >= 11 is 1.37. The van der Waals surface area contributed by atoms with Gasteiger partial charge in [0, 0.05) is 38.8 Å². The maximum Gasteiger partial charge on any atom is 0.318 e. The third-order valence-electron chi connectivity index (χ3n) is 4.71. The molecule has 10 heteroatoms. The predicted molar refractivity (Wildman–Crippen MR) is 113 cm³/mol. The molecule has 29 heavy (non-hydrogen) atoms. The molecule has 1 aliphatic rings. The van der Waals surface area contributed by atoms with Gasteiger partial charge in [0.1, 0.15) is 16.9 Å². The van der Waals surface area contributed by atoms with Gasteiger partial charge in [-0.1, -0.05) is 30.7 Å². The molecule has 9 nitrogen and oxygen atoms in total. The Hall–Kier alpha value is -2.75. The Balaban J connectivity index is 1.44. The van der Waals surface area contributed by atoms with Crippen molar-refractivity contribution in [1.82, 2.24) is 25.4 Å². The van der Waals surface area contributed by atoms with E-state index in [1.54, 1.807) is 18.0 Å². The lowest BCUT2D eigenvalue weighted by molar-refractivity contribution is -0.117. The molecule has 1 unspecified atom stereocenters. The Morgan fingerprint density at radius 1 is 1.21 bits per heavy atom. The third-order valence-corrected chi connectivity index (χ3v) is 5.61. The summed E-state index contributed by atoms with van der Waals surface area (Å²) in [4.78, 5) is 33.1. The first-order valence-corrected chi connectivity index (χ1v) is 10.7. The monoisotopic (exact) mass is 417 g/mol. The number of aryl methyl sites for hydroxylation is 1. The van der Waals surface area contributed by atoms with E-state index >= 15 is 0 Å². The minimum absolute atomic E-state index is 0.241. The van der Waals surface area contributed by atoms with Gasteiger partial charge in [0.25, 0.3) is 0 Å². The number of carbonyl (C=O) groups excluding carboxylic acids is 2. The molecule has 0 radical (unpaired) electrons. The molecule has 2 aromatic heterocycles. The smallest absolute Gasteiger partial charge is 0.318 e. The molecule has 1 aliphatic heterocycles. The Bertz CT molecular complexity index is 806. The SMILES string of the molecule is CCCCc1nnc(NC(=O)C(C)NC(=O)N2CCN(c3ccccn3)CC2)s1. The van der Waals surface area contributed by atoms with Crippen LogP contribution in [0.2, 0.25) is 0 Å². The number of anilines is 2. The lowest BCUT2D eigenvalue weighted by atomic mass is 10.3. The number of nitrogens with zero attached hydrogens (tertiary/aromatic N) is 5. The van der Waals surface area contributed by atoms with Gasteiger partial charge in [-0.15, -0.1) is 10.2 Å². The Morgan fingerprint density at radius 3 is 2.69 bits per heavy atom. The van der Waals surface area contributed by atoms with Gasteiger partial charge < -0.3 is 15.1 Å². The summed E-state index contributed by atoms with van der Waals surface area (Å²) in [7, 11) is 0. The fourth-order valence-electron chi connectivity index (χ4n) is 2.97. The molecule has 3 heterocycles. The van der Waals surface area contributed by atoms with Crippen molar-refractivity contribution in [1.29, 1.82) is 0 Å². The summed E-state index contributed by atoms with van der Waals surface area (Å²) in [6.45, 7) is 6.34. The van der Waals surface area contributed by atoms with Gasteiger partial charge >= 0.3 is 6.03 Å². The van der Waals surface area contributed by atoms with Crippen molar-refractivity contribution >= 4 is 34.2 Å². The Kier molecular flexibility index (Phi) is 7.34. The van der Waals surface area contributed by atoms with Crippen molar-refractivity contribution in [3.63, 3.8) is 0 Å². The number of nitrogens with one attached hydrogen (secondary N) is 2. The lowest BCUT2D eigenvalue weighted by Crippen LogP contribution is -2.54. The van der Waals surface area contributed by atoms with E-state index in [1.807, 2.05) is 18.2 Å². The van der Waals surface area contributed by atoms with Crippen LogP contribution in [0.1, 0.15) is 31.7 Å². The number of hydrogen-bond acceptors (Lipinski definition) is 7. The fourth-order valence-corrected chi connectivity index (χ4v) is 3.75. The number of aromatic nitrogens is 3. The highest BCUT2D eigenvalue weighted by molar-refractivity contribution is 7.15. The van der Waals surface area contributed by atoms with E-state index in [4.69, 9.17) is 0 Å². The van der Waals surface area contributed by atoms with Crippen LogP contribution in [0.3, 0.4) is 0 Å². The van der Waals surface area contributed by atoms with E-state index < -0.39 is 6.04 Å². The molecule has 1 fully saturated rings. The first-order chi connectivity index (χ1) is 14.1. The normalized spacial score (nSPS) is 15.1. The van der Waals surface area contributed by atoms with Gasteiger partial charge in [0.15, 0.2) is 0 Å². The molecule has 156 valence electrons. The van der Waals surface area contributed by atoms with Gasteiger partial charge in [-0.2, -0.15) is 0 Å². The van der Waals surface area contributed by atoms with E-state index in [0.29, 0.717) is 31.3 Å². The van der Waals surface area contributed by atoms with E-state index in [1.165, 1.54) is 11.3 Å². The van der Waals surface area contributed by atoms with Crippen LogP contribution in [0.15, 0.2) is 24.4 Å². The van der Waals surface area contributed by atoms with E-state index in [9.17, 15) is 9.59 Å². The maximum atomic E-state index is 12.5. The molecule has 2 N–H and O–H groups in total. The lowest BCUT2D eigenvalue weighted by Gasteiger charge is -2.35. The molecule has 1 saturated heterocycles. The molecule has 0 saturated carbocycles. The molecule has 0 aromatic carbocycles. The fraction of sp³-hybridized carbons (Fsp3) is 0.526. The number of urea groups is 1. The van der Waals surface area contributed by atoms with E-state index in [-0.39, 0.29) is 11.9 Å². The molecule has 2 aromatic rings. The number of rotatable bonds is 7. The highest BCUT2D eigenvalue weighted by Gasteiger charge is 2.24. The van der Waals surface area contributed by atoms with Gasteiger partial charge in [-0.3, -0.25) is 10.1 Å². The van der Waals surface area contributed by atoms with Crippen molar-refractivity contribution in [2.75, 3.05) is 36.4 Å².